The summed E-state index contributed by atoms with van der Waals surface area (Å²) in [5.41, 5.74) is 3.13. The second-order valence-corrected chi connectivity index (χ2v) is 8.68. The molecule has 0 unspecified atom stereocenters. The van der Waals surface area contributed by atoms with Gasteiger partial charge >= 0.3 is 0 Å². The summed E-state index contributed by atoms with van der Waals surface area (Å²) in [6.07, 6.45) is 3.85. The molecule has 1 aliphatic carbocycles. The molecule has 3 aliphatic rings. The standard InChI is InChI=1S/C24H26N2O3/c1-14-10-11-15(2)18(13-14)25-22(27)21-20-16-7-3-4-9-19(16)29-24(26-23(21)28)12-6-5-8-17(20)24/h3-4,7,9-11,13,17,20-21H,5-6,8,12H2,1-2H3,(H,25,27)(H,26,28)/t17-,20-,21+,24-/m1/s1. The number of fused-ring (bicyclic) bond motifs is 2. The predicted octanol–water partition coefficient (Wildman–Crippen LogP) is 4.05. The highest BCUT2D eigenvalue weighted by Gasteiger charge is 2.60. The van der Waals surface area contributed by atoms with Crippen molar-refractivity contribution in [1.29, 1.82) is 0 Å². The molecular formula is C24H26N2O3. The first kappa shape index (κ1) is 18.2. The molecular weight excluding hydrogens is 364 g/mol. The number of carbonyl (C=O) groups is 2. The smallest absolute Gasteiger partial charge is 0.237 e. The summed E-state index contributed by atoms with van der Waals surface area (Å²) in [7, 11) is 0. The Morgan fingerprint density at radius 1 is 1.17 bits per heavy atom. The number of amides is 2. The van der Waals surface area contributed by atoms with Crippen molar-refractivity contribution in [3.05, 3.63) is 59.2 Å². The van der Waals surface area contributed by atoms with Gasteiger partial charge in [0.05, 0.1) is 0 Å². The minimum absolute atomic E-state index is 0.109. The zero-order valence-corrected chi connectivity index (χ0v) is 16.8. The van der Waals surface area contributed by atoms with Crippen LogP contribution in [0.15, 0.2) is 42.5 Å². The summed E-state index contributed by atoms with van der Waals surface area (Å²) in [4.78, 5) is 26.6. The molecule has 2 heterocycles. The number of anilines is 1. The van der Waals surface area contributed by atoms with E-state index in [1.165, 1.54) is 0 Å². The van der Waals surface area contributed by atoms with Crippen LogP contribution in [0.25, 0.3) is 0 Å². The Bertz CT molecular complexity index is 1000. The molecule has 2 N–H and O–H groups in total. The Kier molecular flexibility index (Phi) is 4.16. The predicted molar refractivity (Wildman–Crippen MR) is 111 cm³/mol. The van der Waals surface area contributed by atoms with Crippen LogP contribution in [0.4, 0.5) is 5.69 Å². The van der Waals surface area contributed by atoms with Gasteiger partial charge in [-0.1, -0.05) is 36.8 Å². The van der Waals surface area contributed by atoms with Crippen LogP contribution < -0.4 is 15.4 Å². The molecule has 5 nitrogen and oxygen atoms in total. The zero-order valence-electron chi connectivity index (χ0n) is 16.8. The molecule has 29 heavy (non-hydrogen) atoms. The van der Waals surface area contributed by atoms with Gasteiger partial charge in [-0.25, -0.2) is 0 Å². The number of piperidine rings is 1. The zero-order chi connectivity index (χ0) is 20.2. The molecule has 150 valence electrons. The topological polar surface area (TPSA) is 67.4 Å². The maximum Gasteiger partial charge on any atom is 0.237 e. The lowest BCUT2D eigenvalue weighted by Crippen LogP contribution is -2.69. The highest BCUT2D eigenvalue weighted by atomic mass is 16.5. The number of rotatable bonds is 2. The third-order valence-electron chi connectivity index (χ3n) is 6.83. The van der Waals surface area contributed by atoms with Crippen molar-refractivity contribution in [2.75, 3.05) is 5.32 Å². The molecule has 2 amide bonds. The maximum atomic E-state index is 13.4. The Labute approximate surface area is 170 Å². The minimum atomic E-state index is -0.767. The number of hydrogen-bond donors (Lipinski definition) is 2. The fourth-order valence-electron chi connectivity index (χ4n) is 5.43. The normalized spacial score (nSPS) is 29.7. The molecule has 2 aromatic carbocycles. The van der Waals surface area contributed by atoms with Crippen molar-refractivity contribution in [3.63, 3.8) is 0 Å². The van der Waals surface area contributed by atoms with Gasteiger partial charge in [-0.15, -0.1) is 0 Å². The average molecular weight is 390 g/mol. The van der Waals surface area contributed by atoms with E-state index < -0.39 is 11.6 Å². The van der Waals surface area contributed by atoms with E-state index in [4.69, 9.17) is 4.74 Å². The van der Waals surface area contributed by atoms with Gasteiger partial charge in [-0.3, -0.25) is 9.59 Å². The summed E-state index contributed by atoms with van der Waals surface area (Å²) < 4.78 is 6.38. The van der Waals surface area contributed by atoms with E-state index in [-0.39, 0.29) is 23.7 Å². The van der Waals surface area contributed by atoms with Crippen LogP contribution in [0, 0.1) is 25.7 Å². The monoisotopic (exact) mass is 390 g/mol. The summed E-state index contributed by atoms with van der Waals surface area (Å²) >= 11 is 0. The van der Waals surface area contributed by atoms with E-state index >= 15 is 0 Å². The van der Waals surface area contributed by atoms with Gasteiger partial charge in [-0.05, 0) is 55.5 Å². The van der Waals surface area contributed by atoms with Gasteiger partial charge in [0.2, 0.25) is 11.8 Å². The molecule has 2 aromatic rings. The summed E-state index contributed by atoms with van der Waals surface area (Å²) in [6, 6.07) is 13.8. The third kappa shape index (κ3) is 2.83. The van der Waals surface area contributed by atoms with Crippen LogP contribution in [0.5, 0.6) is 5.75 Å². The number of ether oxygens (including phenoxy) is 1. The Balaban J connectivity index is 1.56. The van der Waals surface area contributed by atoms with Gasteiger partial charge in [0.1, 0.15) is 11.7 Å². The first-order chi connectivity index (χ1) is 14.0. The summed E-state index contributed by atoms with van der Waals surface area (Å²) in [6.45, 7) is 3.96. The second kappa shape index (κ2) is 6.61. The lowest BCUT2D eigenvalue weighted by molar-refractivity contribution is -0.160. The number of para-hydroxylation sites is 1. The Hall–Kier alpha value is -2.82. The van der Waals surface area contributed by atoms with E-state index in [9.17, 15) is 9.59 Å². The Morgan fingerprint density at radius 2 is 2.00 bits per heavy atom. The maximum absolute atomic E-state index is 13.4. The van der Waals surface area contributed by atoms with Gasteiger partial charge in [0, 0.05) is 23.9 Å². The van der Waals surface area contributed by atoms with Crippen LogP contribution in [0.1, 0.15) is 48.3 Å². The number of carbonyl (C=O) groups excluding carboxylic acids is 2. The molecule has 0 spiro atoms. The quantitative estimate of drug-likeness (QED) is 0.760. The van der Waals surface area contributed by atoms with Crippen LogP contribution >= 0.6 is 0 Å². The average Bonchev–Trinajstić information content (AvgIpc) is 2.69. The molecule has 2 bridgehead atoms. The van der Waals surface area contributed by atoms with Crippen LogP contribution in [-0.2, 0) is 9.59 Å². The summed E-state index contributed by atoms with van der Waals surface area (Å²) in [5, 5.41) is 6.16. The number of benzene rings is 2. The number of hydrogen-bond acceptors (Lipinski definition) is 3. The van der Waals surface area contributed by atoms with Crippen molar-refractivity contribution in [2.24, 2.45) is 11.8 Å². The Morgan fingerprint density at radius 3 is 2.86 bits per heavy atom. The minimum Gasteiger partial charge on any atom is -0.467 e. The molecule has 0 aromatic heterocycles. The van der Waals surface area contributed by atoms with Gasteiger partial charge in [0.15, 0.2) is 5.72 Å². The molecule has 5 heteroatoms. The van der Waals surface area contributed by atoms with Gasteiger partial charge < -0.3 is 15.4 Å². The molecule has 2 aliphatic heterocycles. The van der Waals surface area contributed by atoms with E-state index in [0.717, 1.165) is 53.8 Å². The van der Waals surface area contributed by atoms with Crippen molar-refractivity contribution >= 4 is 17.5 Å². The third-order valence-corrected chi connectivity index (χ3v) is 6.83. The summed E-state index contributed by atoms with van der Waals surface area (Å²) in [5.74, 6) is -0.503. The van der Waals surface area contributed by atoms with E-state index in [1.54, 1.807) is 0 Å². The number of nitrogens with one attached hydrogen (secondary N) is 2. The van der Waals surface area contributed by atoms with Crippen molar-refractivity contribution in [3.8, 4) is 5.75 Å². The lowest BCUT2D eigenvalue weighted by atomic mass is 9.62. The first-order valence-electron chi connectivity index (χ1n) is 10.5. The molecule has 1 saturated heterocycles. The van der Waals surface area contributed by atoms with Crippen molar-refractivity contribution < 1.29 is 14.3 Å². The van der Waals surface area contributed by atoms with Gasteiger partial charge in [0.25, 0.3) is 0 Å². The first-order valence-corrected chi connectivity index (χ1v) is 10.5. The van der Waals surface area contributed by atoms with E-state index in [0.29, 0.717) is 0 Å². The molecule has 1 saturated carbocycles. The van der Waals surface area contributed by atoms with Gasteiger partial charge in [-0.2, -0.15) is 0 Å². The van der Waals surface area contributed by atoms with E-state index in [1.807, 2.05) is 56.3 Å². The lowest BCUT2D eigenvalue weighted by Gasteiger charge is -2.56. The molecule has 2 fully saturated rings. The highest BCUT2D eigenvalue weighted by Crippen LogP contribution is 2.55. The fraction of sp³-hybridized carbons (Fsp3) is 0.417. The van der Waals surface area contributed by atoms with Crippen molar-refractivity contribution in [2.45, 2.75) is 51.2 Å². The number of aryl methyl sites for hydroxylation is 2. The highest BCUT2D eigenvalue weighted by molar-refractivity contribution is 6.08. The largest absolute Gasteiger partial charge is 0.467 e. The second-order valence-electron chi connectivity index (χ2n) is 8.68. The van der Waals surface area contributed by atoms with Crippen molar-refractivity contribution in [1.82, 2.24) is 5.32 Å². The molecule has 4 atom stereocenters. The van der Waals surface area contributed by atoms with Crippen LogP contribution in [-0.4, -0.2) is 17.5 Å². The molecule has 0 radical (unpaired) electrons. The fourth-order valence-corrected chi connectivity index (χ4v) is 5.43. The van der Waals surface area contributed by atoms with Crippen LogP contribution in [0.2, 0.25) is 0 Å². The SMILES string of the molecule is Cc1ccc(C)c(NC(=O)[C@H]2C(=O)N[C@@]34CCCC[C@@H]3[C@H]2c2ccccc2O4)c1. The van der Waals surface area contributed by atoms with E-state index in [2.05, 4.69) is 10.6 Å². The van der Waals surface area contributed by atoms with Crippen LogP contribution in [0.3, 0.4) is 0 Å². The molecule has 5 rings (SSSR count).